The van der Waals surface area contributed by atoms with E-state index in [2.05, 4.69) is 37.9 Å². The standard InChI is InChI=1S/C33H31N3O10S.C16H28O4.C16H28O3.C15H18O6.C15H24O5.C15H18O5/c1-16(37)18-3-7-20(8-4-18)31(41)45-24-12-13-25(46-32(42)21-9-5-19(6-10-21)17(2)38)28-27(24)29(39)35(30(28)40)33-34-23-15-22(36(43)44)11-14-26(23)47-33;1-3-16(17)20-13-7-5-4-6-12-19-15-10-8-14(18-2)9-11-15;1-3-16(17)19-13-7-5-4-6-8-14-9-11-15(18-2)12-10-14;1-3-14(16)19-10-4-5-11-20-15(17)21-13-8-6-12(18-2)7-9-13;2*1-3-14(16)19-10-4-5-11-20-15(17)12-6-8-13(18-2)9-7-12/h11-15,18-21H,3-10H2,1-2H3;3,14-15H,1,4-13H2,2H3;3,14-15H,1,4-13H2,2H3;3,6-9H,1,4-5,10-11H2,2H3;3,12-13H,1,4-11H2,2H3;3,6-9H,1,4-5,10-11H2,2H3. The minimum absolute atomic E-state index is 0.0139. The molecule has 0 bridgehead atoms. The molecule has 0 saturated heterocycles. The Morgan fingerprint density at radius 1 is 0.381 bits per heavy atom. The fraction of sp³-hybridized carbons (Fsp3) is 0.555. The molecule has 2 amide bonds. The Labute approximate surface area is 864 Å². The molecule has 5 fully saturated rings. The molecule has 11 rings (SSSR count). The maximum atomic E-state index is 14.0. The third-order valence-electron chi connectivity index (χ3n) is 25.7. The summed E-state index contributed by atoms with van der Waals surface area (Å²) in [6, 6.07) is 19.9. The number of ether oxygens (including phenoxy) is 17. The fourth-order valence-electron chi connectivity index (χ4n) is 16.9. The number of ketones is 2. The lowest BCUT2D eigenvalue weighted by molar-refractivity contribution is -0.384. The predicted octanol–water partition coefficient (Wildman–Crippen LogP) is 20.1. The summed E-state index contributed by atoms with van der Waals surface area (Å²) in [4.78, 5) is 183. The smallest absolute Gasteiger partial charge is 0.497 e. The molecule has 0 spiro atoms. The van der Waals surface area contributed by atoms with Crippen LogP contribution in [0.1, 0.15) is 270 Å². The van der Waals surface area contributed by atoms with Crippen LogP contribution >= 0.6 is 11.3 Å². The number of rotatable bonds is 51. The van der Waals surface area contributed by atoms with Crippen LogP contribution in [0.5, 0.6) is 28.7 Å². The number of Topliss-reactive ketones (excluding diaryl/α,β-unsaturated/α-hetero) is 2. The molecule has 6 aliphatic rings. The van der Waals surface area contributed by atoms with E-state index in [4.69, 9.17) is 80.5 Å². The molecule has 1 aromatic heterocycles. The maximum Gasteiger partial charge on any atom is 0.513 e. The van der Waals surface area contributed by atoms with Crippen LogP contribution in [0.15, 0.2) is 142 Å². The second-order valence-electron chi connectivity index (χ2n) is 35.9. The quantitative estimate of drug-likeness (QED) is 0.00401. The highest BCUT2D eigenvalue weighted by Crippen LogP contribution is 2.44. The molecule has 36 nitrogen and oxygen atoms in total. The summed E-state index contributed by atoms with van der Waals surface area (Å²) in [6.45, 7) is 23.3. The van der Waals surface area contributed by atoms with Crippen molar-refractivity contribution in [1.82, 2.24) is 4.98 Å². The van der Waals surface area contributed by atoms with E-state index in [0.717, 1.165) is 137 Å². The van der Waals surface area contributed by atoms with Gasteiger partial charge in [0, 0.05) is 82.3 Å². The van der Waals surface area contributed by atoms with E-state index in [-0.39, 0.29) is 112 Å². The van der Waals surface area contributed by atoms with E-state index >= 15 is 0 Å². The van der Waals surface area contributed by atoms with Crippen molar-refractivity contribution >= 4 is 116 Å². The summed E-state index contributed by atoms with van der Waals surface area (Å²) in [6.07, 6.45) is 37.7. The molecule has 0 atom stereocenters. The summed E-state index contributed by atoms with van der Waals surface area (Å²) < 4.78 is 88.2. The number of nitro benzene ring substituents is 1. The first-order valence-corrected chi connectivity index (χ1v) is 51.4. The van der Waals surface area contributed by atoms with Crippen LogP contribution in [0, 0.1) is 45.6 Å². The zero-order valence-corrected chi connectivity index (χ0v) is 86.9. The number of methoxy groups -OCH3 is 5. The summed E-state index contributed by atoms with van der Waals surface area (Å²) in [5.74, 6) is -4.20. The van der Waals surface area contributed by atoms with Gasteiger partial charge in [0.15, 0.2) is 0 Å². The second kappa shape index (κ2) is 70.2. The van der Waals surface area contributed by atoms with Crippen LogP contribution < -0.4 is 28.6 Å². The highest BCUT2D eigenvalue weighted by Gasteiger charge is 2.46. The SMILES string of the molecule is C=CC(=O)OCCCCCCC1CCC(OC)CC1.C=CC(=O)OCCCCCCOC1CCC(OC)CC1.C=CC(=O)OCCCCOC(=O)C1CCC(OC)CC1.C=CC(=O)OCCCCOC(=O)Oc1ccc(OC)cc1.C=CC(=O)OCCCCOC(=O)c1ccc(OC)cc1.CC(=O)C1CCC(C(=O)Oc2ccc(OC(=O)C3CCC(C(C)=O)CC3)c3c2C(=O)N(c2nc4cc([N+](=O)[O-])ccc4s2)C3=O)CC1. The first-order valence-electron chi connectivity index (χ1n) is 50.6. The Hall–Kier alpha value is -12.7. The molecule has 37 heteroatoms. The van der Waals surface area contributed by atoms with Crippen LogP contribution in [0.25, 0.3) is 10.2 Å². The van der Waals surface area contributed by atoms with Gasteiger partial charge >= 0.3 is 59.9 Å². The van der Waals surface area contributed by atoms with E-state index in [9.17, 15) is 77.2 Å². The number of carbonyl (C=O) groups is 14. The number of non-ortho nitro benzene ring substituents is 1. The van der Waals surface area contributed by atoms with Gasteiger partial charge < -0.3 is 80.5 Å². The van der Waals surface area contributed by atoms with E-state index < -0.39 is 64.6 Å². The number of imide groups is 1. The molecule has 4 aromatic carbocycles. The van der Waals surface area contributed by atoms with Gasteiger partial charge in [-0.3, -0.25) is 43.7 Å². The van der Waals surface area contributed by atoms with Gasteiger partial charge in [-0.1, -0.05) is 76.3 Å². The second-order valence-corrected chi connectivity index (χ2v) is 36.9. The van der Waals surface area contributed by atoms with Gasteiger partial charge in [0.1, 0.15) is 40.3 Å². The van der Waals surface area contributed by atoms with E-state index in [1.165, 1.54) is 101 Å². The zero-order valence-electron chi connectivity index (χ0n) is 86.0. The van der Waals surface area contributed by atoms with Crippen molar-refractivity contribution in [3.63, 3.8) is 0 Å². The van der Waals surface area contributed by atoms with Crippen molar-refractivity contribution < 1.29 is 153 Å². The van der Waals surface area contributed by atoms with Crippen molar-refractivity contribution in [1.29, 1.82) is 0 Å². The maximum absolute atomic E-state index is 14.0. The highest BCUT2D eigenvalue weighted by atomic mass is 32.1. The number of anilines is 1. The third-order valence-corrected chi connectivity index (χ3v) is 26.7. The monoisotopic (exact) mass is 2070 g/mol. The lowest BCUT2D eigenvalue weighted by Crippen LogP contribution is -2.30. The van der Waals surface area contributed by atoms with Gasteiger partial charge in [0.05, 0.1) is 141 Å². The first-order chi connectivity index (χ1) is 70.9. The van der Waals surface area contributed by atoms with E-state index in [1.54, 1.807) is 77.0 Å². The van der Waals surface area contributed by atoms with Crippen molar-refractivity contribution in [2.45, 2.75) is 263 Å². The lowest BCUT2D eigenvalue weighted by Gasteiger charge is -2.27. The number of esters is 9. The topological polar surface area (TPSA) is 455 Å². The molecule has 0 unspecified atom stereocenters. The van der Waals surface area contributed by atoms with Crippen molar-refractivity contribution in [3.8, 4) is 28.7 Å². The Morgan fingerprint density at radius 3 is 1.12 bits per heavy atom. The molecular formula is C110H147N3O33S. The molecule has 5 aromatic rings. The molecule has 806 valence electrons. The van der Waals surface area contributed by atoms with Gasteiger partial charge in [0.2, 0.25) is 5.13 Å². The van der Waals surface area contributed by atoms with E-state index in [0.29, 0.717) is 175 Å². The predicted molar refractivity (Wildman–Crippen MR) is 546 cm³/mol. The summed E-state index contributed by atoms with van der Waals surface area (Å²) in [5.41, 5.74) is -0.0664. The van der Waals surface area contributed by atoms with E-state index in [1.807, 2.05) is 7.11 Å². The van der Waals surface area contributed by atoms with Gasteiger partial charge in [-0.05, 0) is 279 Å². The number of carbonyl (C=O) groups excluding carboxylic acids is 14. The number of nitrogens with zero attached hydrogens (tertiary/aromatic N) is 3. The normalized spacial score (nSPS) is 18.9. The number of hydrogen-bond acceptors (Lipinski definition) is 35. The molecule has 0 N–H and O–H groups in total. The van der Waals surface area contributed by atoms with Crippen LogP contribution in [-0.4, -0.2) is 213 Å². The highest BCUT2D eigenvalue weighted by molar-refractivity contribution is 7.22. The molecule has 5 aliphatic carbocycles. The number of fused-ring (bicyclic) bond motifs is 2. The molecule has 0 radical (unpaired) electrons. The average Bonchev–Trinajstić information content (AvgIpc) is 1.58. The number of thiazole rings is 1. The summed E-state index contributed by atoms with van der Waals surface area (Å²) in [7, 11) is 8.44. The Bertz CT molecular complexity index is 4940. The molecule has 2 heterocycles. The number of amides is 2. The van der Waals surface area contributed by atoms with Crippen LogP contribution in [0.3, 0.4) is 0 Å². The number of hydrogen-bond donors (Lipinski definition) is 0. The largest absolute Gasteiger partial charge is 0.513 e. The van der Waals surface area contributed by atoms with Crippen LogP contribution in [0.4, 0.5) is 15.6 Å². The van der Waals surface area contributed by atoms with Gasteiger partial charge in [0.25, 0.3) is 17.5 Å². The minimum atomic E-state index is -0.860. The number of nitro groups is 1. The summed E-state index contributed by atoms with van der Waals surface area (Å²) >= 11 is 0.963. The molecule has 5 saturated carbocycles. The Morgan fingerprint density at radius 2 is 0.721 bits per heavy atom. The zero-order chi connectivity index (χ0) is 107. The van der Waals surface area contributed by atoms with Gasteiger partial charge in [-0.15, -0.1) is 0 Å². The van der Waals surface area contributed by atoms with Crippen molar-refractivity contribution in [3.05, 3.63) is 169 Å². The molecule has 1 aliphatic heterocycles. The molecule has 147 heavy (non-hydrogen) atoms. The third kappa shape index (κ3) is 46.1. The fourth-order valence-corrected chi connectivity index (χ4v) is 17.8. The molecular weight excluding hydrogens is 1920 g/mol. The Balaban J connectivity index is 0.000000284. The first kappa shape index (κ1) is 123. The van der Waals surface area contributed by atoms with Crippen LogP contribution in [0.2, 0.25) is 0 Å². The van der Waals surface area contributed by atoms with Crippen molar-refractivity contribution in [2.75, 3.05) is 99.9 Å². The average molecular weight is 2070 g/mol. The number of benzene rings is 4. The Kier molecular flexibility index (Phi) is 58.7. The minimum Gasteiger partial charge on any atom is -0.497 e. The van der Waals surface area contributed by atoms with Crippen molar-refractivity contribution in [2.24, 2.45) is 35.5 Å². The van der Waals surface area contributed by atoms with Gasteiger partial charge in [-0.2, -0.15) is 0 Å². The van der Waals surface area contributed by atoms with Gasteiger partial charge in [-0.25, -0.2) is 43.4 Å². The number of unbranched alkanes of at least 4 members (excludes halogenated alkanes) is 9. The number of aromatic nitrogens is 1. The van der Waals surface area contributed by atoms with Crippen LogP contribution in [-0.2, 0) is 105 Å². The summed E-state index contributed by atoms with van der Waals surface area (Å²) in [5, 5.41) is 11.2. The lowest BCUT2D eigenvalue weighted by atomic mass is 9.80.